The monoisotopic (exact) mass is 356 g/mol. The van der Waals surface area contributed by atoms with Crippen molar-refractivity contribution in [3.8, 4) is 5.75 Å². The molecule has 1 aromatic rings. The van der Waals surface area contributed by atoms with Crippen LogP contribution in [0.25, 0.3) is 0 Å². The fraction of sp³-hybridized carbons (Fsp3) is 0.647. The lowest BCUT2D eigenvalue weighted by Gasteiger charge is -2.25. The second-order valence-electron chi connectivity index (χ2n) is 6.48. The number of halogens is 2. The van der Waals surface area contributed by atoms with Crippen LogP contribution < -0.4 is 4.74 Å². The largest absolute Gasteiger partial charge is 0.496 e. The number of rotatable bonds is 4. The molecule has 0 aliphatic heterocycles. The van der Waals surface area contributed by atoms with Crippen LogP contribution in [0, 0.1) is 24.7 Å². The van der Waals surface area contributed by atoms with Gasteiger partial charge in [-0.05, 0) is 68.1 Å². The van der Waals surface area contributed by atoms with Crippen molar-refractivity contribution in [2.75, 3.05) is 7.11 Å². The predicted molar refractivity (Wildman–Crippen MR) is 87.6 cm³/mol. The lowest BCUT2D eigenvalue weighted by molar-refractivity contribution is 0.310. The number of hydrogen-bond acceptors (Lipinski definition) is 1. The molecule has 20 heavy (non-hydrogen) atoms. The summed E-state index contributed by atoms with van der Waals surface area (Å²) >= 11 is 10.3. The van der Waals surface area contributed by atoms with Gasteiger partial charge in [0.2, 0.25) is 0 Å². The molecule has 2 bridgehead atoms. The molecule has 4 unspecified atom stereocenters. The maximum atomic E-state index is 6.73. The molecule has 3 rings (SSSR count). The Kier molecular flexibility index (Phi) is 4.33. The molecule has 0 aromatic heterocycles. The fourth-order valence-electron chi connectivity index (χ4n) is 4.15. The van der Waals surface area contributed by atoms with Gasteiger partial charge in [-0.2, -0.15) is 0 Å². The number of hydrogen-bond donors (Lipinski definition) is 0. The van der Waals surface area contributed by atoms with Gasteiger partial charge in [-0.25, -0.2) is 0 Å². The summed E-state index contributed by atoms with van der Waals surface area (Å²) in [6, 6.07) is 4.22. The molecule has 3 heteroatoms. The van der Waals surface area contributed by atoms with E-state index in [-0.39, 0.29) is 5.38 Å². The SMILES string of the molecule is COc1cc(C)c(Br)cc1C(Cl)CC1CC2CCC1C2. The Morgan fingerprint density at radius 2 is 2.15 bits per heavy atom. The van der Waals surface area contributed by atoms with E-state index in [1.165, 1.54) is 31.2 Å². The maximum Gasteiger partial charge on any atom is 0.123 e. The second-order valence-corrected chi connectivity index (χ2v) is 7.86. The van der Waals surface area contributed by atoms with Crippen molar-refractivity contribution in [3.05, 3.63) is 27.7 Å². The molecule has 2 saturated carbocycles. The maximum absolute atomic E-state index is 6.73. The first-order valence-corrected chi connectivity index (χ1v) is 8.79. The standard InChI is InChI=1S/C17H22BrClO/c1-10-5-17(20-2)14(9-15(10)18)16(19)8-13-7-11-3-4-12(13)6-11/h5,9,11-13,16H,3-4,6-8H2,1-2H3. The van der Waals surface area contributed by atoms with Gasteiger partial charge in [0.05, 0.1) is 12.5 Å². The zero-order chi connectivity index (χ0) is 14.3. The Morgan fingerprint density at radius 3 is 2.75 bits per heavy atom. The van der Waals surface area contributed by atoms with E-state index in [2.05, 4.69) is 35.0 Å². The van der Waals surface area contributed by atoms with E-state index in [4.69, 9.17) is 16.3 Å². The Hall–Kier alpha value is -0.210. The van der Waals surface area contributed by atoms with Crippen molar-refractivity contribution in [1.82, 2.24) is 0 Å². The first-order chi connectivity index (χ1) is 9.58. The molecular weight excluding hydrogens is 336 g/mol. The van der Waals surface area contributed by atoms with Crippen LogP contribution >= 0.6 is 27.5 Å². The molecule has 2 aliphatic carbocycles. The molecule has 1 aromatic carbocycles. The lowest BCUT2D eigenvalue weighted by atomic mass is 9.84. The minimum atomic E-state index is 0.0613. The van der Waals surface area contributed by atoms with Crippen LogP contribution in [-0.2, 0) is 0 Å². The zero-order valence-electron chi connectivity index (χ0n) is 12.2. The highest BCUT2D eigenvalue weighted by molar-refractivity contribution is 9.10. The van der Waals surface area contributed by atoms with E-state index in [0.717, 1.165) is 40.0 Å². The van der Waals surface area contributed by atoms with E-state index < -0.39 is 0 Å². The van der Waals surface area contributed by atoms with E-state index >= 15 is 0 Å². The Bertz CT molecular complexity index is 502. The number of fused-ring (bicyclic) bond motifs is 2. The van der Waals surface area contributed by atoms with Gasteiger partial charge in [-0.1, -0.05) is 22.4 Å². The average molecular weight is 358 g/mol. The molecule has 110 valence electrons. The van der Waals surface area contributed by atoms with Crippen LogP contribution in [0.2, 0.25) is 0 Å². The molecule has 0 heterocycles. The van der Waals surface area contributed by atoms with Crippen LogP contribution in [0.1, 0.15) is 48.6 Å². The molecular formula is C17H22BrClO. The molecule has 4 atom stereocenters. The smallest absolute Gasteiger partial charge is 0.123 e. The molecule has 0 radical (unpaired) electrons. The third-order valence-electron chi connectivity index (χ3n) is 5.24. The fourth-order valence-corrected chi connectivity index (χ4v) is 4.91. The van der Waals surface area contributed by atoms with Crippen LogP contribution in [-0.4, -0.2) is 7.11 Å². The van der Waals surface area contributed by atoms with Gasteiger partial charge in [0, 0.05) is 10.0 Å². The van der Waals surface area contributed by atoms with E-state index in [9.17, 15) is 0 Å². The predicted octanol–water partition coefficient (Wildman–Crippen LogP) is 5.87. The van der Waals surface area contributed by atoms with Crippen molar-refractivity contribution in [2.24, 2.45) is 17.8 Å². The third-order valence-corrected chi connectivity index (χ3v) is 6.51. The minimum Gasteiger partial charge on any atom is -0.496 e. The molecule has 0 amide bonds. The molecule has 2 aliphatic rings. The summed E-state index contributed by atoms with van der Waals surface area (Å²) in [6.07, 6.45) is 6.81. The van der Waals surface area contributed by atoms with Crippen LogP contribution in [0.15, 0.2) is 16.6 Å². The van der Waals surface area contributed by atoms with Crippen LogP contribution in [0.4, 0.5) is 0 Å². The lowest BCUT2D eigenvalue weighted by Crippen LogP contribution is -2.13. The van der Waals surface area contributed by atoms with Gasteiger partial charge in [0.15, 0.2) is 0 Å². The summed E-state index contributed by atoms with van der Waals surface area (Å²) in [4.78, 5) is 0. The highest BCUT2D eigenvalue weighted by atomic mass is 79.9. The van der Waals surface area contributed by atoms with Gasteiger partial charge >= 0.3 is 0 Å². The number of methoxy groups -OCH3 is 1. The van der Waals surface area contributed by atoms with Gasteiger partial charge in [0.1, 0.15) is 5.75 Å². The van der Waals surface area contributed by atoms with Gasteiger partial charge in [-0.3, -0.25) is 0 Å². The molecule has 2 fully saturated rings. The van der Waals surface area contributed by atoms with Crippen LogP contribution in [0.5, 0.6) is 5.75 Å². The summed E-state index contributed by atoms with van der Waals surface area (Å²) in [6.45, 7) is 2.08. The Balaban J connectivity index is 1.76. The first kappa shape index (κ1) is 14.7. The van der Waals surface area contributed by atoms with Crippen molar-refractivity contribution in [1.29, 1.82) is 0 Å². The van der Waals surface area contributed by atoms with Gasteiger partial charge < -0.3 is 4.74 Å². The van der Waals surface area contributed by atoms with Crippen molar-refractivity contribution < 1.29 is 4.74 Å². The highest BCUT2D eigenvalue weighted by Crippen LogP contribution is 2.52. The average Bonchev–Trinajstić information content (AvgIpc) is 3.03. The zero-order valence-corrected chi connectivity index (χ0v) is 14.5. The van der Waals surface area contributed by atoms with Crippen molar-refractivity contribution in [2.45, 2.75) is 44.4 Å². The normalized spacial score (nSPS) is 29.7. The van der Waals surface area contributed by atoms with Gasteiger partial charge in [0.25, 0.3) is 0 Å². The highest BCUT2D eigenvalue weighted by Gasteiger charge is 2.40. The van der Waals surface area contributed by atoms with E-state index in [0.29, 0.717) is 0 Å². The Labute approximate surface area is 135 Å². The molecule has 1 nitrogen and oxygen atoms in total. The second kappa shape index (κ2) is 5.88. The van der Waals surface area contributed by atoms with E-state index in [1.54, 1.807) is 7.11 Å². The number of alkyl halides is 1. The van der Waals surface area contributed by atoms with Crippen LogP contribution in [0.3, 0.4) is 0 Å². The molecule has 0 spiro atoms. The minimum absolute atomic E-state index is 0.0613. The Morgan fingerprint density at radius 1 is 1.35 bits per heavy atom. The molecule has 0 saturated heterocycles. The quantitative estimate of drug-likeness (QED) is 0.612. The van der Waals surface area contributed by atoms with Crippen molar-refractivity contribution in [3.63, 3.8) is 0 Å². The number of aryl methyl sites for hydroxylation is 1. The summed E-state index contributed by atoms with van der Waals surface area (Å²) in [5.41, 5.74) is 2.32. The number of benzene rings is 1. The summed E-state index contributed by atoms with van der Waals surface area (Å²) in [7, 11) is 1.73. The first-order valence-electron chi connectivity index (χ1n) is 7.56. The summed E-state index contributed by atoms with van der Waals surface area (Å²) < 4.78 is 6.64. The van der Waals surface area contributed by atoms with Gasteiger partial charge in [-0.15, -0.1) is 11.6 Å². The summed E-state index contributed by atoms with van der Waals surface area (Å²) in [5, 5.41) is 0.0613. The summed E-state index contributed by atoms with van der Waals surface area (Å²) in [5.74, 6) is 3.66. The molecule has 0 N–H and O–H groups in total. The number of ether oxygens (including phenoxy) is 1. The van der Waals surface area contributed by atoms with Crippen molar-refractivity contribution >= 4 is 27.5 Å². The topological polar surface area (TPSA) is 9.23 Å². The third kappa shape index (κ3) is 2.74. The van der Waals surface area contributed by atoms with E-state index in [1.807, 2.05) is 0 Å².